The molecule has 1 aromatic heterocycles. The van der Waals surface area contributed by atoms with E-state index in [4.69, 9.17) is 4.74 Å². The van der Waals surface area contributed by atoms with Crippen molar-refractivity contribution in [3.8, 4) is 17.1 Å². The van der Waals surface area contributed by atoms with Crippen LogP contribution in [0.5, 0.6) is 5.88 Å². The van der Waals surface area contributed by atoms with E-state index >= 15 is 0 Å². The third kappa shape index (κ3) is 3.94. The first-order chi connectivity index (χ1) is 12.6. The number of rotatable bonds is 4. The molecule has 27 heavy (non-hydrogen) atoms. The number of hydrogen-bond donors (Lipinski definition) is 1. The first-order valence-corrected chi connectivity index (χ1v) is 10.0. The molecule has 0 aliphatic heterocycles. The number of nitrogens with zero attached hydrogens (tertiary/aromatic N) is 2. The van der Waals surface area contributed by atoms with Crippen LogP contribution in [-0.2, 0) is 10.0 Å². The van der Waals surface area contributed by atoms with Gasteiger partial charge in [-0.2, -0.15) is 0 Å². The largest absolute Gasteiger partial charge is 0.479 e. The monoisotopic (exact) mass is 385 g/mol. The van der Waals surface area contributed by atoms with E-state index in [0.29, 0.717) is 22.7 Å². The fraction of sp³-hybridized carbons (Fsp3) is 0.300. The summed E-state index contributed by atoms with van der Waals surface area (Å²) >= 11 is 0. The molecule has 2 aromatic carbocycles. The number of ether oxygens (including phenoxy) is 1. The molecule has 0 amide bonds. The van der Waals surface area contributed by atoms with Crippen molar-refractivity contribution in [1.82, 2.24) is 14.9 Å². The summed E-state index contributed by atoms with van der Waals surface area (Å²) in [6.45, 7) is 7.21. The van der Waals surface area contributed by atoms with Crippen LogP contribution in [0.25, 0.3) is 22.0 Å². The molecular formula is C20H23N3O3S. The van der Waals surface area contributed by atoms with Gasteiger partial charge in [-0.25, -0.2) is 13.1 Å². The summed E-state index contributed by atoms with van der Waals surface area (Å²) in [6, 6.07) is 12.9. The van der Waals surface area contributed by atoms with Gasteiger partial charge in [-0.1, -0.05) is 30.3 Å². The highest BCUT2D eigenvalue weighted by Gasteiger charge is 2.24. The zero-order chi connectivity index (χ0) is 19.8. The van der Waals surface area contributed by atoms with Crippen molar-refractivity contribution in [3.63, 3.8) is 0 Å². The Kier molecular flexibility index (Phi) is 4.92. The number of benzene rings is 2. The van der Waals surface area contributed by atoms with Crippen molar-refractivity contribution in [2.75, 3.05) is 7.11 Å². The summed E-state index contributed by atoms with van der Waals surface area (Å²) in [5.41, 5.74) is 1.38. The van der Waals surface area contributed by atoms with Gasteiger partial charge in [0.2, 0.25) is 15.9 Å². The maximum atomic E-state index is 12.8. The first kappa shape index (κ1) is 19.3. The molecule has 142 valence electrons. The lowest BCUT2D eigenvalue weighted by atomic mass is 10.0. The summed E-state index contributed by atoms with van der Waals surface area (Å²) in [5, 5.41) is 10.1. The van der Waals surface area contributed by atoms with Gasteiger partial charge in [-0.3, -0.25) is 0 Å². The van der Waals surface area contributed by atoms with Crippen LogP contribution >= 0.6 is 0 Å². The van der Waals surface area contributed by atoms with E-state index in [0.717, 1.165) is 10.8 Å². The second-order valence-corrected chi connectivity index (χ2v) is 9.09. The lowest BCUT2D eigenvalue weighted by Crippen LogP contribution is -2.40. The lowest BCUT2D eigenvalue weighted by molar-refractivity contribution is 0.398. The highest BCUT2D eigenvalue weighted by molar-refractivity contribution is 7.89. The molecule has 0 saturated carbocycles. The molecular weight excluding hydrogens is 362 g/mol. The van der Waals surface area contributed by atoms with E-state index in [9.17, 15) is 8.42 Å². The topological polar surface area (TPSA) is 81.2 Å². The number of methoxy groups -OCH3 is 1. The highest BCUT2D eigenvalue weighted by atomic mass is 32.2. The predicted molar refractivity (Wildman–Crippen MR) is 106 cm³/mol. The van der Waals surface area contributed by atoms with Crippen LogP contribution in [0.15, 0.2) is 47.4 Å². The molecule has 0 bridgehead atoms. The number of aryl methyl sites for hydroxylation is 1. The SMILES string of the molecule is COc1nnc(-c2ccc(C)c(S(=O)(=O)NC(C)(C)C)c2)c2ccccc12. The minimum Gasteiger partial charge on any atom is -0.479 e. The molecule has 1 heterocycles. The predicted octanol–water partition coefficient (Wildman–Crippen LogP) is 3.69. The Morgan fingerprint density at radius 1 is 1.00 bits per heavy atom. The van der Waals surface area contributed by atoms with Crippen LogP contribution in [-0.4, -0.2) is 31.3 Å². The van der Waals surface area contributed by atoms with E-state index in [2.05, 4.69) is 14.9 Å². The smallest absolute Gasteiger partial charge is 0.241 e. The second kappa shape index (κ2) is 6.90. The van der Waals surface area contributed by atoms with Gasteiger partial charge in [0.05, 0.1) is 12.0 Å². The summed E-state index contributed by atoms with van der Waals surface area (Å²) < 4.78 is 33.7. The number of aromatic nitrogens is 2. The molecule has 3 aromatic rings. The number of nitrogens with one attached hydrogen (secondary N) is 1. The normalized spacial score (nSPS) is 12.3. The van der Waals surface area contributed by atoms with Gasteiger partial charge in [-0.05, 0) is 45.4 Å². The fourth-order valence-electron chi connectivity index (χ4n) is 2.94. The molecule has 0 fully saturated rings. The number of fused-ring (bicyclic) bond motifs is 1. The maximum absolute atomic E-state index is 12.8. The van der Waals surface area contributed by atoms with E-state index in [1.807, 2.05) is 51.1 Å². The van der Waals surface area contributed by atoms with Crippen molar-refractivity contribution in [2.45, 2.75) is 38.1 Å². The van der Waals surface area contributed by atoms with Crippen molar-refractivity contribution in [2.24, 2.45) is 0 Å². The molecule has 0 spiro atoms. The third-order valence-corrected chi connectivity index (χ3v) is 5.94. The van der Waals surface area contributed by atoms with Gasteiger partial charge in [0.1, 0.15) is 5.69 Å². The zero-order valence-corrected chi connectivity index (χ0v) is 16.9. The average Bonchev–Trinajstić information content (AvgIpc) is 2.59. The molecule has 7 heteroatoms. The van der Waals surface area contributed by atoms with Gasteiger partial charge < -0.3 is 4.74 Å². The van der Waals surface area contributed by atoms with E-state index in [1.54, 1.807) is 26.2 Å². The molecule has 3 rings (SSSR count). The van der Waals surface area contributed by atoms with Crippen LogP contribution in [0.1, 0.15) is 26.3 Å². The first-order valence-electron chi connectivity index (χ1n) is 8.57. The Morgan fingerprint density at radius 3 is 2.30 bits per heavy atom. The average molecular weight is 385 g/mol. The number of hydrogen-bond acceptors (Lipinski definition) is 5. The summed E-state index contributed by atoms with van der Waals surface area (Å²) in [6.07, 6.45) is 0. The van der Waals surface area contributed by atoms with Crippen LogP contribution in [0, 0.1) is 6.92 Å². The summed E-state index contributed by atoms with van der Waals surface area (Å²) in [4.78, 5) is 0.233. The molecule has 0 aliphatic carbocycles. The van der Waals surface area contributed by atoms with E-state index in [1.165, 1.54) is 0 Å². The van der Waals surface area contributed by atoms with Crippen molar-refractivity contribution in [3.05, 3.63) is 48.0 Å². The molecule has 6 nitrogen and oxygen atoms in total. The fourth-order valence-corrected chi connectivity index (χ4v) is 4.63. The van der Waals surface area contributed by atoms with Crippen LogP contribution in [0.4, 0.5) is 0 Å². The Morgan fingerprint density at radius 2 is 1.67 bits per heavy atom. The Hall–Kier alpha value is -2.51. The van der Waals surface area contributed by atoms with Crippen molar-refractivity contribution >= 4 is 20.8 Å². The van der Waals surface area contributed by atoms with Gasteiger partial charge >= 0.3 is 0 Å². The lowest BCUT2D eigenvalue weighted by Gasteiger charge is -2.21. The van der Waals surface area contributed by atoms with Crippen LogP contribution < -0.4 is 9.46 Å². The molecule has 0 saturated heterocycles. The second-order valence-electron chi connectivity index (χ2n) is 7.44. The molecule has 1 N–H and O–H groups in total. The minimum absolute atomic E-state index is 0.233. The molecule has 0 unspecified atom stereocenters. The van der Waals surface area contributed by atoms with E-state index in [-0.39, 0.29) is 4.90 Å². The Bertz CT molecular complexity index is 1100. The van der Waals surface area contributed by atoms with Crippen LogP contribution in [0.2, 0.25) is 0 Å². The Balaban J connectivity index is 2.20. The van der Waals surface area contributed by atoms with Gasteiger partial charge in [-0.15, -0.1) is 10.2 Å². The standard InChI is InChI=1S/C20H23N3O3S/c1-13-10-11-14(12-17(13)27(24,25)23-20(2,3)4)18-15-8-6-7-9-16(15)19(26-5)22-21-18/h6-12,23H,1-5H3. The highest BCUT2D eigenvalue weighted by Crippen LogP contribution is 2.32. The minimum atomic E-state index is -3.67. The quantitative estimate of drug-likeness (QED) is 0.741. The van der Waals surface area contributed by atoms with Crippen LogP contribution in [0.3, 0.4) is 0 Å². The number of sulfonamides is 1. The maximum Gasteiger partial charge on any atom is 0.241 e. The summed E-state index contributed by atoms with van der Waals surface area (Å²) in [5.74, 6) is 0.434. The molecule has 0 radical (unpaired) electrons. The molecule has 0 aliphatic rings. The third-order valence-electron chi connectivity index (χ3n) is 4.04. The zero-order valence-electron chi connectivity index (χ0n) is 16.1. The van der Waals surface area contributed by atoms with Gasteiger partial charge in [0, 0.05) is 21.9 Å². The van der Waals surface area contributed by atoms with Gasteiger partial charge in [0.15, 0.2) is 0 Å². The van der Waals surface area contributed by atoms with Crippen molar-refractivity contribution in [1.29, 1.82) is 0 Å². The Labute approximate surface area is 159 Å². The molecule has 0 atom stereocenters. The summed E-state index contributed by atoms with van der Waals surface area (Å²) in [7, 11) is -2.12. The van der Waals surface area contributed by atoms with Gasteiger partial charge in [0.25, 0.3) is 0 Å². The van der Waals surface area contributed by atoms with E-state index < -0.39 is 15.6 Å². The van der Waals surface area contributed by atoms with Crippen molar-refractivity contribution < 1.29 is 13.2 Å².